The highest BCUT2D eigenvalue weighted by Crippen LogP contribution is 2.52. The first kappa shape index (κ1) is 23.4. The molecule has 1 aliphatic heterocycles. The molecule has 1 aliphatic carbocycles. The molecule has 1 aromatic carbocycles. The number of anilines is 1. The van der Waals surface area contributed by atoms with Gasteiger partial charge in [-0.1, -0.05) is 17.7 Å². The fourth-order valence-electron chi connectivity index (χ4n) is 4.96. The molecule has 1 fully saturated rings. The van der Waals surface area contributed by atoms with Gasteiger partial charge in [0.2, 0.25) is 17.7 Å². The smallest absolute Gasteiger partial charge is 0.405 e. The molecule has 2 N–H and O–H groups in total. The Bertz CT molecular complexity index is 1290. The average molecular weight is 508 g/mol. The topological polar surface area (TPSA) is 100 Å². The number of fused-ring (bicyclic) bond motifs is 3. The molecule has 12 heteroatoms. The second kappa shape index (κ2) is 8.71. The van der Waals surface area contributed by atoms with Gasteiger partial charge in [0.05, 0.1) is 22.8 Å². The Morgan fingerprint density at radius 2 is 2.03 bits per heavy atom. The van der Waals surface area contributed by atoms with Crippen molar-refractivity contribution in [2.24, 2.45) is 0 Å². The third-order valence-corrected chi connectivity index (χ3v) is 6.86. The first-order valence-electron chi connectivity index (χ1n) is 11.1. The van der Waals surface area contributed by atoms with Crippen LogP contribution in [0.2, 0.25) is 5.02 Å². The Kier molecular flexibility index (Phi) is 5.82. The molecule has 5 rings (SSSR count). The van der Waals surface area contributed by atoms with E-state index >= 15 is 0 Å². The van der Waals surface area contributed by atoms with Crippen LogP contribution in [0.15, 0.2) is 36.5 Å². The van der Waals surface area contributed by atoms with Crippen molar-refractivity contribution in [1.29, 1.82) is 0 Å². The number of alkyl halides is 3. The number of hydrogen-bond donors (Lipinski definition) is 2. The minimum atomic E-state index is -4.54. The van der Waals surface area contributed by atoms with E-state index in [1.165, 1.54) is 4.90 Å². The molecule has 2 aromatic heterocycles. The van der Waals surface area contributed by atoms with Gasteiger partial charge in [-0.15, -0.1) is 0 Å². The minimum absolute atomic E-state index is 0.180. The predicted octanol–water partition coefficient (Wildman–Crippen LogP) is 3.90. The fraction of sp³-hybridized carbons (Fsp3) is 0.391. The zero-order valence-corrected chi connectivity index (χ0v) is 19.1. The second-order valence-electron chi connectivity index (χ2n) is 8.77. The number of carbonyl (C=O) groups is 2. The number of hydrogen-bond acceptors (Lipinski definition) is 5. The predicted molar refractivity (Wildman–Crippen MR) is 121 cm³/mol. The second-order valence-corrected chi connectivity index (χ2v) is 9.18. The van der Waals surface area contributed by atoms with Gasteiger partial charge in [-0.3, -0.25) is 14.7 Å². The number of amides is 2. The van der Waals surface area contributed by atoms with Crippen LogP contribution < -0.4 is 15.0 Å². The molecule has 0 radical (unpaired) electrons. The van der Waals surface area contributed by atoms with Crippen LogP contribution in [0, 0.1) is 0 Å². The maximum Gasteiger partial charge on any atom is 0.405 e. The number of benzene rings is 1. The Morgan fingerprint density at radius 3 is 2.77 bits per heavy atom. The Labute approximate surface area is 202 Å². The number of halogens is 4. The van der Waals surface area contributed by atoms with Crippen molar-refractivity contribution >= 4 is 40.1 Å². The minimum Gasteiger partial charge on any atom is -0.474 e. The van der Waals surface area contributed by atoms with E-state index < -0.39 is 30.6 Å². The van der Waals surface area contributed by atoms with Crippen molar-refractivity contribution in [3.05, 3.63) is 47.1 Å². The van der Waals surface area contributed by atoms with Crippen molar-refractivity contribution < 1.29 is 27.5 Å². The third kappa shape index (κ3) is 4.40. The molecule has 35 heavy (non-hydrogen) atoms. The summed E-state index contributed by atoms with van der Waals surface area (Å²) >= 11 is 6.51. The summed E-state index contributed by atoms with van der Waals surface area (Å²) in [4.78, 5) is 31.5. The molecule has 0 unspecified atom stereocenters. The van der Waals surface area contributed by atoms with E-state index in [4.69, 9.17) is 16.3 Å². The molecule has 2 amide bonds. The van der Waals surface area contributed by atoms with Gasteiger partial charge in [0.15, 0.2) is 0 Å². The standard InChI is InChI=1S/C23H21ClF3N5O3/c24-14-2-1-3-17-20(14)22(21(34)32(17)11-18(33)28-12-23(25,26)27)8-6-13(7-9-22)35-19-5-4-15-16(30-19)10-29-31-15/h1-5,10,13H,6-9,11-12H2,(H,28,33)(H,29,31). The van der Waals surface area contributed by atoms with Gasteiger partial charge in [0.1, 0.15) is 24.7 Å². The number of aromatic amines is 1. The van der Waals surface area contributed by atoms with E-state index in [2.05, 4.69) is 15.2 Å². The third-order valence-electron chi connectivity index (χ3n) is 6.55. The SMILES string of the molecule is O=C(CN1C(=O)C2(CCC(Oc3ccc4[nH]ncc4n3)CC2)c2c(Cl)cccc21)NCC(F)(F)F. The van der Waals surface area contributed by atoms with E-state index in [1.807, 2.05) is 11.4 Å². The summed E-state index contributed by atoms with van der Waals surface area (Å²) in [5.41, 5.74) is 1.59. The van der Waals surface area contributed by atoms with Crippen LogP contribution in [0.4, 0.5) is 18.9 Å². The van der Waals surface area contributed by atoms with Crippen molar-refractivity contribution in [3.63, 3.8) is 0 Å². The van der Waals surface area contributed by atoms with E-state index in [0.29, 0.717) is 53.4 Å². The molecule has 2 aliphatic rings. The van der Waals surface area contributed by atoms with Crippen molar-refractivity contribution in [3.8, 4) is 5.88 Å². The molecular formula is C23H21ClF3N5O3. The Balaban J connectivity index is 1.33. The molecule has 184 valence electrons. The van der Waals surface area contributed by atoms with Gasteiger partial charge >= 0.3 is 6.18 Å². The summed E-state index contributed by atoms with van der Waals surface area (Å²) in [5.74, 6) is -0.769. The average Bonchev–Trinajstić information content (AvgIpc) is 3.37. The van der Waals surface area contributed by atoms with E-state index in [-0.39, 0.29) is 12.0 Å². The molecular weight excluding hydrogens is 487 g/mol. The van der Waals surface area contributed by atoms with Gasteiger partial charge in [-0.05, 0) is 43.9 Å². The molecule has 0 bridgehead atoms. The van der Waals surface area contributed by atoms with Crippen LogP contribution in [0.25, 0.3) is 11.0 Å². The van der Waals surface area contributed by atoms with Gasteiger partial charge in [0.25, 0.3) is 0 Å². The molecule has 3 heterocycles. The van der Waals surface area contributed by atoms with Crippen molar-refractivity contribution in [1.82, 2.24) is 20.5 Å². The first-order chi connectivity index (χ1) is 16.7. The monoisotopic (exact) mass is 507 g/mol. The lowest BCUT2D eigenvalue weighted by Gasteiger charge is -2.36. The molecule has 1 spiro atoms. The largest absolute Gasteiger partial charge is 0.474 e. The highest BCUT2D eigenvalue weighted by Gasteiger charge is 2.54. The van der Waals surface area contributed by atoms with E-state index in [9.17, 15) is 22.8 Å². The maximum atomic E-state index is 13.6. The maximum absolute atomic E-state index is 13.6. The van der Waals surface area contributed by atoms with Gasteiger partial charge in [-0.2, -0.15) is 18.3 Å². The van der Waals surface area contributed by atoms with Crippen LogP contribution in [0.3, 0.4) is 0 Å². The number of aromatic nitrogens is 3. The fourth-order valence-corrected chi connectivity index (χ4v) is 5.31. The summed E-state index contributed by atoms with van der Waals surface area (Å²) in [6.45, 7) is -1.97. The number of pyridine rings is 1. The molecule has 0 atom stereocenters. The lowest BCUT2D eigenvalue weighted by Crippen LogP contribution is -2.48. The Hall–Kier alpha value is -3.34. The van der Waals surface area contributed by atoms with Crippen LogP contribution in [-0.2, 0) is 15.0 Å². The number of carbonyl (C=O) groups excluding carboxylic acids is 2. The highest BCUT2D eigenvalue weighted by molar-refractivity contribution is 6.33. The summed E-state index contributed by atoms with van der Waals surface area (Å²) < 4.78 is 43.6. The molecule has 0 saturated heterocycles. The molecule has 3 aromatic rings. The zero-order valence-electron chi connectivity index (χ0n) is 18.4. The summed E-state index contributed by atoms with van der Waals surface area (Å²) in [6.07, 6.45) is -1.20. The summed E-state index contributed by atoms with van der Waals surface area (Å²) in [6, 6.07) is 8.57. The van der Waals surface area contributed by atoms with Crippen LogP contribution in [-0.4, -0.2) is 52.4 Å². The van der Waals surface area contributed by atoms with Gasteiger partial charge in [0, 0.05) is 16.7 Å². The zero-order chi connectivity index (χ0) is 24.8. The normalized spacial score (nSPS) is 22.0. The number of nitrogens with zero attached hydrogens (tertiary/aromatic N) is 3. The molecule has 1 saturated carbocycles. The van der Waals surface area contributed by atoms with E-state index in [0.717, 1.165) is 5.52 Å². The number of nitrogens with one attached hydrogen (secondary N) is 2. The number of ether oxygens (including phenoxy) is 1. The summed E-state index contributed by atoms with van der Waals surface area (Å²) in [7, 11) is 0. The lowest BCUT2D eigenvalue weighted by atomic mass is 9.69. The number of rotatable bonds is 5. The lowest BCUT2D eigenvalue weighted by molar-refractivity contribution is -0.138. The molecule has 8 nitrogen and oxygen atoms in total. The van der Waals surface area contributed by atoms with Crippen LogP contribution in [0.1, 0.15) is 31.2 Å². The van der Waals surface area contributed by atoms with Crippen LogP contribution >= 0.6 is 11.6 Å². The quantitative estimate of drug-likeness (QED) is 0.545. The van der Waals surface area contributed by atoms with E-state index in [1.54, 1.807) is 30.5 Å². The first-order valence-corrected chi connectivity index (χ1v) is 11.5. The summed E-state index contributed by atoms with van der Waals surface area (Å²) in [5, 5.41) is 8.99. The van der Waals surface area contributed by atoms with Gasteiger partial charge in [-0.25, -0.2) is 4.98 Å². The van der Waals surface area contributed by atoms with Crippen molar-refractivity contribution in [2.75, 3.05) is 18.0 Å². The van der Waals surface area contributed by atoms with Gasteiger partial charge < -0.3 is 15.0 Å². The van der Waals surface area contributed by atoms with Crippen molar-refractivity contribution in [2.45, 2.75) is 43.4 Å². The van der Waals surface area contributed by atoms with Crippen LogP contribution in [0.5, 0.6) is 5.88 Å². The Morgan fingerprint density at radius 1 is 1.26 bits per heavy atom. The number of H-pyrrole nitrogens is 1. The highest BCUT2D eigenvalue weighted by atomic mass is 35.5.